The largest absolute Gasteiger partial charge is 0.355 e. The van der Waals surface area contributed by atoms with E-state index >= 15 is 0 Å². The zero-order chi connectivity index (χ0) is 15.8. The second-order valence-corrected chi connectivity index (χ2v) is 14.4. The van der Waals surface area contributed by atoms with Crippen LogP contribution in [0.25, 0.3) is 0 Å². The van der Waals surface area contributed by atoms with E-state index in [1.807, 2.05) is 0 Å². The van der Waals surface area contributed by atoms with E-state index in [2.05, 4.69) is 90.3 Å². The van der Waals surface area contributed by atoms with E-state index in [1.165, 1.54) is 0 Å². The Bertz CT molecular complexity index is 299. The molecule has 0 aromatic heterocycles. The Balaban J connectivity index is 3.47. The van der Waals surface area contributed by atoms with Crippen LogP contribution in [0, 0.1) is 0 Å². The molecule has 0 aliphatic carbocycles. The summed E-state index contributed by atoms with van der Waals surface area (Å²) in [6, 6.07) is 0. The van der Waals surface area contributed by atoms with Gasteiger partial charge in [0.25, 0.3) is 5.91 Å². The zero-order valence-corrected chi connectivity index (χ0v) is 18.5. The lowest BCUT2D eigenvalue weighted by atomic mass is 10.0. The first kappa shape index (κ1) is 21.4. The number of rotatable bonds is 8. The van der Waals surface area contributed by atoms with Crippen LogP contribution in [0.4, 0.5) is 0 Å². The third-order valence-corrected chi connectivity index (χ3v) is 4.04. The summed E-state index contributed by atoms with van der Waals surface area (Å²) in [4.78, 5) is 22.8. The molecule has 0 aliphatic rings. The fraction of sp³-hybridized carbons (Fsp3) is 0.800. The van der Waals surface area contributed by atoms with Crippen LogP contribution in [0.3, 0.4) is 0 Å². The van der Waals surface area contributed by atoms with E-state index in [0.29, 0.717) is 13.1 Å². The van der Waals surface area contributed by atoms with Crippen LogP contribution in [0.1, 0.15) is 25.7 Å². The summed E-state index contributed by atoms with van der Waals surface area (Å²) in [7, 11) is 5.49. The first-order chi connectivity index (χ1) is 9.05. The maximum Gasteiger partial charge on any atom is 0.258 e. The van der Waals surface area contributed by atoms with E-state index in [4.69, 9.17) is 7.85 Å². The van der Waals surface area contributed by atoms with Crippen molar-refractivity contribution >= 4 is 99.3 Å². The molecule has 2 N–H and O–H groups in total. The molecule has 0 bridgehead atoms. The average Bonchev–Trinajstić information content (AvgIpc) is 2.29. The summed E-state index contributed by atoms with van der Waals surface area (Å²) in [6.45, 7) is 1.19. The molecule has 0 spiro atoms. The number of halogens is 5. The van der Waals surface area contributed by atoms with Gasteiger partial charge in [0, 0.05) is 13.1 Å². The van der Waals surface area contributed by atoms with Crippen molar-refractivity contribution in [3.8, 4) is 0 Å². The number of hydrogen-bond donors (Lipinski definition) is 2. The highest BCUT2D eigenvalue weighted by atomic mass is 80.0. The summed E-state index contributed by atoms with van der Waals surface area (Å²) in [5, 5.41) is 5.48. The van der Waals surface area contributed by atoms with Crippen LogP contribution in [-0.2, 0) is 9.59 Å². The van der Waals surface area contributed by atoms with Crippen molar-refractivity contribution in [2.24, 2.45) is 0 Å². The summed E-state index contributed by atoms with van der Waals surface area (Å²) < 4.78 is -2.09. The molecule has 2 radical (unpaired) electrons. The normalized spacial score (nSPS) is 12.1. The predicted molar refractivity (Wildman–Crippen MR) is 100 cm³/mol. The number of hydrogen-bond acceptors (Lipinski definition) is 2. The molecule has 2 amide bonds. The van der Waals surface area contributed by atoms with E-state index in [9.17, 15) is 9.59 Å². The SMILES string of the molecule is [B]C(Br)(Br)C(=O)NCCCCCCNC(=O)C(Br)(Br)Br. The minimum Gasteiger partial charge on any atom is -0.355 e. The molecule has 0 aromatic rings. The lowest BCUT2D eigenvalue weighted by Crippen LogP contribution is -2.38. The van der Waals surface area contributed by atoms with Crippen molar-refractivity contribution < 1.29 is 9.59 Å². The van der Waals surface area contributed by atoms with Crippen molar-refractivity contribution in [3.05, 3.63) is 0 Å². The Morgan fingerprint density at radius 3 is 1.55 bits per heavy atom. The molecule has 0 rings (SSSR count). The van der Waals surface area contributed by atoms with Gasteiger partial charge < -0.3 is 10.6 Å². The highest BCUT2D eigenvalue weighted by molar-refractivity contribution is 9.40. The maximum absolute atomic E-state index is 11.4. The maximum atomic E-state index is 11.4. The Hall–Kier alpha value is 1.40. The minimum absolute atomic E-state index is 0.168. The van der Waals surface area contributed by atoms with Gasteiger partial charge in [0.2, 0.25) is 8.05 Å². The van der Waals surface area contributed by atoms with Gasteiger partial charge in [-0.2, -0.15) is 0 Å². The van der Waals surface area contributed by atoms with Crippen LogP contribution in [0.15, 0.2) is 0 Å². The summed E-state index contributed by atoms with van der Waals surface area (Å²) in [5.74, 6) is -0.466. The molecule has 0 aromatic carbocycles. The average molecular weight is 605 g/mol. The molecule has 20 heavy (non-hydrogen) atoms. The Morgan fingerprint density at radius 1 is 0.800 bits per heavy atom. The van der Waals surface area contributed by atoms with Crippen LogP contribution in [0.5, 0.6) is 0 Å². The van der Waals surface area contributed by atoms with Gasteiger partial charge in [0.15, 0.2) is 0 Å². The lowest BCUT2D eigenvalue weighted by Gasteiger charge is -2.14. The highest BCUT2D eigenvalue weighted by Crippen LogP contribution is 2.33. The molecule has 114 valence electrons. The highest BCUT2D eigenvalue weighted by Gasteiger charge is 2.27. The van der Waals surface area contributed by atoms with Crippen molar-refractivity contribution in [3.63, 3.8) is 0 Å². The fourth-order valence-electron chi connectivity index (χ4n) is 1.23. The van der Waals surface area contributed by atoms with E-state index in [1.54, 1.807) is 0 Å². The van der Waals surface area contributed by atoms with Gasteiger partial charge in [-0.1, -0.05) is 44.7 Å². The van der Waals surface area contributed by atoms with E-state index in [0.717, 1.165) is 25.7 Å². The molecule has 0 unspecified atom stereocenters. The number of amides is 2. The molecule has 0 fully saturated rings. The van der Waals surface area contributed by atoms with Gasteiger partial charge in [0.05, 0.1) is 0 Å². The van der Waals surface area contributed by atoms with Gasteiger partial charge >= 0.3 is 0 Å². The quantitative estimate of drug-likeness (QED) is 0.254. The third-order valence-electron chi connectivity index (χ3n) is 2.23. The number of alkyl halides is 5. The third kappa shape index (κ3) is 11.0. The van der Waals surface area contributed by atoms with Crippen molar-refractivity contribution in [2.75, 3.05) is 13.1 Å². The smallest absolute Gasteiger partial charge is 0.258 e. The molecular weight excluding hydrogens is 590 g/mol. The van der Waals surface area contributed by atoms with Gasteiger partial charge in [0.1, 0.15) is 11.0 Å². The molecule has 0 heterocycles. The number of carbonyl (C=O) groups excluding carboxylic acids is 2. The predicted octanol–water partition coefficient (Wildman–Crippen LogP) is 3.23. The Labute approximate surface area is 162 Å². The first-order valence-electron chi connectivity index (χ1n) is 5.85. The van der Waals surface area contributed by atoms with Crippen LogP contribution < -0.4 is 10.6 Å². The minimum atomic E-state index is -1.20. The van der Waals surface area contributed by atoms with E-state index < -0.39 is 5.28 Å². The molecule has 0 saturated heterocycles. The summed E-state index contributed by atoms with van der Waals surface area (Å²) in [5.41, 5.74) is 0. The van der Waals surface area contributed by atoms with Crippen LogP contribution in [-0.4, -0.2) is 38.0 Å². The van der Waals surface area contributed by atoms with Crippen LogP contribution >= 0.6 is 79.6 Å². The van der Waals surface area contributed by atoms with Gasteiger partial charge in [-0.05, 0) is 60.6 Å². The Kier molecular flexibility index (Phi) is 10.9. The monoisotopic (exact) mass is 600 g/mol. The zero-order valence-electron chi connectivity index (χ0n) is 10.5. The van der Waals surface area contributed by atoms with Crippen molar-refractivity contribution in [1.29, 1.82) is 0 Å². The molecule has 0 atom stereocenters. The second kappa shape index (κ2) is 10.2. The molecule has 0 saturated carbocycles. The first-order valence-corrected chi connectivity index (χ1v) is 9.81. The van der Waals surface area contributed by atoms with Gasteiger partial charge in [-0.3, -0.25) is 9.59 Å². The Morgan fingerprint density at radius 2 is 1.20 bits per heavy atom. The molecular formula is C10H14BBr5N2O2. The lowest BCUT2D eigenvalue weighted by molar-refractivity contribution is -0.120. The number of nitrogens with one attached hydrogen (secondary N) is 2. The molecule has 0 aliphatic heterocycles. The fourth-order valence-corrected chi connectivity index (χ4v) is 1.93. The number of carbonyl (C=O) groups is 2. The van der Waals surface area contributed by atoms with Crippen LogP contribution in [0.2, 0.25) is 0 Å². The van der Waals surface area contributed by atoms with Gasteiger partial charge in [-0.25, -0.2) is 0 Å². The second-order valence-electron chi connectivity index (χ2n) is 4.05. The van der Waals surface area contributed by atoms with Gasteiger partial charge in [-0.15, -0.1) is 0 Å². The summed E-state index contributed by atoms with van der Waals surface area (Å²) >= 11 is 15.4. The standard InChI is InChI=1S/C10H14BBr5N2O2/c11-9(12,13)7(19)17-5-3-1-2-4-6-18-8(20)10(14,15)16/h1-6H2,(H,17,19)(H,18,20). The number of unbranched alkanes of at least 4 members (excludes halogenated alkanes) is 3. The van der Waals surface area contributed by atoms with Crippen molar-refractivity contribution in [1.82, 2.24) is 10.6 Å². The topological polar surface area (TPSA) is 58.2 Å². The summed E-state index contributed by atoms with van der Waals surface area (Å²) in [6.07, 6.45) is 3.71. The van der Waals surface area contributed by atoms with Crippen molar-refractivity contribution in [2.45, 2.75) is 31.0 Å². The molecule has 10 heteroatoms. The molecule has 4 nitrogen and oxygen atoms in total. The van der Waals surface area contributed by atoms with E-state index in [-0.39, 0.29) is 11.8 Å².